The van der Waals surface area contributed by atoms with Crippen LogP contribution in [0.25, 0.3) is 11.0 Å². The first-order chi connectivity index (χ1) is 13.1. The van der Waals surface area contributed by atoms with Crippen LogP contribution in [-0.4, -0.2) is 11.9 Å². The normalized spacial score (nSPS) is 11.4. The number of carbonyl (C=O) groups is 2. The lowest BCUT2D eigenvalue weighted by atomic mass is 10.1. The summed E-state index contributed by atoms with van der Waals surface area (Å²) in [5, 5.41) is 6.81. The summed E-state index contributed by atoms with van der Waals surface area (Å²) in [4.78, 5) is 29.1. The van der Waals surface area contributed by atoms with Gasteiger partial charge < -0.3 is 14.6 Å². The van der Waals surface area contributed by atoms with Gasteiger partial charge in [-0.1, -0.05) is 37.3 Å². The van der Waals surface area contributed by atoms with Crippen LogP contribution < -0.4 is 10.9 Å². The summed E-state index contributed by atoms with van der Waals surface area (Å²) in [6.45, 7) is 1.83. The molecule has 0 aliphatic carbocycles. The summed E-state index contributed by atoms with van der Waals surface area (Å²) >= 11 is 0. The van der Waals surface area contributed by atoms with Gasteiger partial charge in [0.1, 0.15) is 17.0 Å². The summed E-state index contributed by atoms with van der Waals surface area (Å²) in [6.07, 6.45) is 0.789. The van der Waals surface area contributed by atoms with Crippen molar-refractivity contribution in [3.63, 3.8) is 0 Å². The molecule has 138 valence electrons. The van der Waals surface area contributed by atoms with E-state index in [0.29, 0.717) is 17.4 Å². The number of anilines is 1. The maximum absolute atomic E-state index is 13.8. The van der Waals surface area contributed by atoms with E-state index >= 15 is 0 Å². The highest BCUT2D eigenvalue weighted by atomic mass is 19.1. The predicted octanol–water partition coefficient (Wildman–Crippen LogP) is 3.98. The number of halogens is 1. The van der Waals surface area contributed by atoms with Crippen LogP contribution in [0.2, 0.25) is 0 Å². The monoisotopic (exact) mass is 368 g/mol. The standard InChI is InChI=1S/C20H17FN2O4/c1-2-7-18(24)27-23-20-14(12-13-8-3-6-11-17(13)26-20)19(25)22-16-10-5-4-9-15(16)21/h3-6,8-12H,2,7H2,1H3,(H,22,25)/b23-20-. The molecule has 0 spiro atoms. The predicted molar refractivity (Wildman–Crippen MR) is 97.1 cm³/mol. The number of rotatable bonds is 5. The fourth-order valence-corrected chi connectivity index (χ4v) is 2.39. The molecule has 27 heavy (non-hydrogen) atoms. The third-order valence-electron chi connectivity index (χ3n) is 3.71. The lowest BCUT2D eigenvalue weighted by molar-refractivity contribution is -0.144. The van der Waals surface area contributed by atoms with Crippen LogP contribution >= 0.6 is 0 Å². The van der Waals surface area contributed by atoms with Gasteiger partial charge in [-0.05, 0) is 35.8 Å². The summed E-state index contributed by atoms with van der Waals surface area (Å²) < 4.78 is 19.4. The molecule has 0 unspecified atom stereocenters. The van der Waals surface area contributed by atoms with Gasteiger partial charge in [0.25, 0.3) is 11.5 Å². The molecule has 1 heterocycles. The van der Waals surface area contributed by atoms with Gasteiger partial charge in [0.2, 0.25) is 0 Å². The Labute approximate surface area is 154 Å². The van der Waals surface area contributed by atoms with E-state index in [1.807, 2.05) is 6.92 Å². The smallest absolute Gasteiger partial charge is 0.335 e. The highest BCUT2D eigenvalue weighted by Gasteiger charge is 2.15. The van der Waals surface area contributed by atoms with Gasteiger partial charge in [0.05, 0.1) is 5.69 Å². The second kappa shape index (κ2) is 8.27. The number of para-hydroxylation sites is 2. The SMILES string of the molecule is CCCC(=O)O/N=c1\oc2ccccc2cc1C(=O)Nc1ccccc1F. The maximum atomic E-state index is 13.8. The molecule has 0 radical (unpaired) electrons. The summed E-state index contributed by atoms with van der Waals surface area (Å²) in [5.74, 6) is -1.75. The molecule has 1 amide bonds. The highest BCUT2D eigenvalue weighted by Crippen LogP contribution is 2.16. The molecule has 1 aromatic heterocycles. The molecule has 0 aliphatic rings. The molecule has 1 N–H and O–H groups in total. The average molecular weight is 368 g/mol. The third-order valence-corrected chi connectivity index (χ3v) is 3.71. The zero-order valence-corrected chi connectivity index (χ0v) is 14.6. The lowest BCUT2D eigenvalue weighted by Gasteiger charge is -2.07. The number of fused-ring (bicyclic) bond motifs is 1. The molecule has 0 saturated heterocycles. The Morgan fingerprint density at radius 1 is 1.15 bits per heavy atom. The van der Waals surface area contributed by atoms with E-state index in [1.54, 1.807) is 36.4 Å². The summed E-state index contributed by atoms with van der Waals surface area (Å²) in [5.41, 5.74) is 0.322. The minimum absolute atomic E-state index is 0.0150. The van der Waals surface area contributed by atoms with E-state index in [4.69, 9.17) is 9.25 Å². The molecular formula is C20H17FN2O4. The van der Waals surface area contributed by atoms with Crippen LogP contribution in [0.1, 0.15) is 30.1 Å². The third kappa shape index (κ3) is 4.38. The van der Waals surface area contributed by atoms with Crippen LogP contribution in [0.5, 0.6) is 0 Å². The van der Waals surface area contributed by atoms with Crippen molar-refractivity contribution in [1.29, 1.82) is 0 Å². The lowest BCUT2D eigenvalue weighted by Crippen LogP contribution is -2.23. The Bertz CT molecular complexity index is 1060. The van der Waals surface area contributed by atoms with Crippen LogP contribution in [0.3, 0.4) is 0 Å². The molecular weight excluding hydrogens is 351 g/mol. The molecule has 2 aromatic carbocycles. The molecule has 0 bridgehead atoms. The molecule has 3 aromatic rings. The minimum Gasteiger partial charge on any atom is -0.435 e. The van der Waals surface area contributed by atoms with Gasteiger partial charge in [-0.3, -0.25) is 4.79 Å². The average Bonchev–Trinajstić information content (AvgIpc) is 2.67. The Balaban J connectivity index is 2.02. The number of hydrogen-bond donors (Lipinski definition) is 1. The second-order valence-electron chi connectivity index (χ2n) is 5.74. The number of nitrogens with one attached hydrogen (secondary N) is 1. The molecule has 7 heteroatoms. The minimum atomic E-state index is -0.639. The Hall–Kier alpha value is -3.48. The van der Waals surface area contributed by atoms with Crippen molar-refractivity contribution in [2.45, 2.75) is 19.8 Å². The van der Waals surface area contributed by atoms with Crippen molar-refractivity contribution in [3.05, 3.63) is 71.5 Å². The number of carbonyl (C=O) groups excluding carboxylic acids is 2. The zero-order valence-electron chi connectivity index (χ0n) is 14.6. The van der Waals surface area contributed by atoms with Gasteiger partial charge in [-0.25, -0.2) is 9.18 Å². The van der Waals surface area contributed by atoms with Crippen LogP contribution in [0.4, 0.5) is 10.1 Å². The van der Waals surface area contributed by atoms with E-state index in [-0.39, 0.29) is 23.2 Å². The fraction of sp³-hybridized carbons (Fsp3) is 0.150. The van der Waals surface area contributed by atoms with E-state index < -0.39 is 17.7 Å². The van der Waals surface area contributed by atoms with Gasteiger partial charge in [0, 0.05) is 11.8 Å². The van der Waals surface area contributed by atoms with Gasteiger partial charge in [-0.15, -0.1) is 0 Å². The molecule has 0 atom stereocenters. The first kappa shape index (κ1) is 18.3. The Kier molecular flexibility index (Phi) is 5.61. The second-order valence-corrected chi connectivity index (χ2v) is 5.74. The van der Waals surface area contributed by atoms with Crippen LogP contribution in [-0.2, 0) is 9.63 Å². The van der Waals surface area contributed by atoms with Crippen molar-refractivity contribution >= 4 is 28.5 Å². The van der Waals surface area contributed by atoms with E-state index in [1.165, 1.54) is 18.2 Å². The number of hydrogen-bond acceptors (Lipinski definition) is 5. The number of amides is 1. The topological polar surface area (TPSA) is 80.9 Å². The summed E-state index contributed by atoms with van der Waals surface area (Å²) in [6, 6.07) is 14.3. The maximum Gasteiger partial charge on any atom is 0.335 e. The van der Waals surface area contributed by atoms with E-state index in [0.717, 1.165) is 0 Å². The molecule has 0 saturated carbocycles. The Morgan fingerprint density at radius 3 is 2.67 bits per heavy atom. The number of benzene rings is 2. The first-order valence-corrected chi connectivity index (χ1v) is 8.41. The van der Waals surface area contributed by atoms with E-state index in [9.17, 15) is 14.0 Å². The number of nitrogens with zero attached hydrogens (tertiary/aromatic N) is 1. The fourth-order valence-electron chi connectivity index (χ4n) is 2.39. The van der Waals surface area contributed by atoms with Crippen LogP contribution in [0, 0.1) is 5.82 Å². The van der Waals surface area contributed by atoms with Crippen molar-refractivity contribution < 1.29 is 23.2 Å². The van der Waals surface area contributed by atoms with Gasteiger partial charge in [0.15, 0.2) is 0 Å². The van der Waals surface area contributed by atoms with Crippen molar-refractivity contribution in [2.75, 3.05) is 5.32 Å². The van der Waals surface area contributed by atoms with E-state index in [2.05, 4.69) is 10.5 Å². The first-order valence-electron chi connectivity index (χ1n) is 8.41. The Morgan fingerprint density at radius 2 is 1.89 bits per heavy atom. The van der Waals surface area contributed by atoms with Gasteiger partial charge >= 0.3 is 5.97 Å². The molecule has 0 fully saturated rings. The molecule has 3 rings (SSSR count). The molecule has 6 nitrogen and oxygen atoms in total. The zero-order chi connectivity index (χ0) is 19.2. The largest absolute Gasteiger partial charge is 0.435 e. The summed E-state index contributed by atoms with van der Waals surface area (Å²) in [7, 11) is 0. The van der Waals surface area contributed by atoms with Crippen molar-refractivity contribution in [1.82, 2.24) is 0 Å². The highest BCUT2D eigenvalue weighted by molar-refractivity contribution is 6.05. The van der Waals surface area contributed by atoms with Crippen molar-refractivity contribution in [3.8, 4) is 0 Å². The van der Waals surface area contributed by atoms with Crippen LogP contribution in [0.15, 0.2) is 64.2 Å². The quantitative estimate of drug-likeness (QED) is 0.545. The van der Waals surface area contributed by atoms with Crippen molar-refractivity contribution in [2.24, 2.45) is 5.16 Å². The van der Waals surface area contributed by atoms with Gasteiger partial charge in [-0.2, -0.15) is 0 Å². The molecule has 0 aliphatic heterocycles.